The Morgan fingerprint density at radius 3 is 2.30 bits per heavy atom. The summed E-state index contributed by atoms with van der Waals surface area (Å²) in [6, 6.07) is 22.8. The van der Waals surface area contributed by atoms with Crippen LogP contribution in [0.3, 0.4) is 0 Å². The SMILES string of the molecule is O=C(CCSc1nnc(-c2ccc(F)cc2)c2ccccc12)NC(=O)NCc1ccccc1. The summed E-state index contributed by atoms with van der Waals surface area (Å²) in [5, 5.41) is 16.2. The lowest BCUT2D eigenvalue weighted by Crippen LogP contribution is -2.39. The maximum absolute atomic E-state index is 13.3. The molecule has 33 heavy (non-hydrogen) atoms. The molecule has 166 valence electrons. The van der Waals surface area contributed by atoms with Gasteiger partial charge in [-0.1, -0.05) is 54.6 Å². The quantitative estimate of drug-likeness (QED) is 0.382. The Morgan fingerprint density at radius 2 is 1.55 bits per heavy atom. The van der Waals surface area contributed by atoms with E-state index in [4.69, 9.17) is 0 Å². The fourth-order valence-corrected chi connectivity index (χ4v) is 4.17. The van der Waals surface area contributed by atoms with Gasteiger partial charge in [0, 0.05) is 35.1 Å². The lowest BCUT2D eigenvalue weighted by molar-refractivity contribution is -0.119. The van der Waals surface area contributed by atoms with Gasteiger partial charge in [-0.05, 0) is 29.8 Å². The summed E-state index contributed by atoms with van der Waals surface area (Å²) in [4.78, 5) is 24.1. The molecule has 0 saturated heterocycles. The van der Waals surface area contributed by atoms with Crippen molar-refractivity contribution in [3.05, 3.63) is 90.2 Å². The van der Waals surface area contributed by atoms with E-state index in [0.717, 1.165) is 21.9 Å². The molecule has 4 rings (SSSR count). The lowest BCUT2D eigenvalue weighted by atomic mass is 10.1. The number of nitrogens with one attached hydrogen (secondary N) is 2. The molecular formula is C25H21FN4O2S. The second-order valence-electron chi connectivity index (χ2n) is 7.22. The zero-order chi connectivity index (χ0) is 23.0. The van der Waals surface area contributed by atoms with Crippen molar-refractivity contribution in [1.82, 2.24) is 20.8 Å². The van der Waals surface area contributed by atoms with Crippen molar-refractivity contribution in [2.45, 2.75) is 18.0 Å². The number of carbonyl (C=O) groups excluding carboxylic acids is 2. The Hall–Kier alpha value is -3.78. The zero-order valence-corrected chi connectivity index (χ0v) is 18.4. The lowest BCUT2D eigenvalue weighted by Gasteiger charge is -2.09. The molecule has 0 unspecified atom stereocenters. The molecule has 0 aliphatic carbocycles. The molecule has 0 aliphatic rings. The molecule has 3 amide bonds. The highest BCUT2D eigenvalue weighted by Crippen LogP contribution is 2.31. The molecule has 0 atom stereocenters. The Morgan fingerprint density at radius 1 is 0.848 bits per heavy atom. The zero-order valence-electron chi connectivity index (χ0n) is 17.6. The van der Waals surface area contributed by atoms with E-state index in [1.165, 1.54) is 23.9 Å². The molecule has 0 radical (unpaired) electrons. The van der Waals surface area contributed by atoms with Gasteiger partial charge < -0.3 is 5.32 Å². The van der Waals surface area contributed by atoms with Crippen LogP contribution in [-0.4, -0.2) is 27.9 Å². The average Bonchev–Trinajstić information content (AvgIpc) is 2.84. The number of hydrogen-bond donors (Lipinski definition) is 2. The Bertz CT molecular complexity index is 1270. The van der Waals surface area contributed by atoms with Crippen molar-refractivity contribution < 1.29 is 14.0 Å². The van der Waals surface area contributed by atoms with E-state index in [9.17, 15) is 14.0 Å². The largest absolute Gasteiger partial charge is 0.334 e. The van der Waals surface area contributed by atoms with Crippen LogP contribution in [0.15, 0.2) is 83.9 Å². The van der Waals surface area contributed by atoms with Gasteiger partial charge in [-0.15, -0.1) is 22.0 Å². The summed E-state index contributed by atoms with van der Waals surface area (Å²) in [7, 11) is 0. The van der Waals surface area contributed by atoms with E-state index in [2.05, 4.69) is 20.8 Å². The van der Waals surface area contributed by atoms with E-state index in [1.54, 1.807) is 12.1 Å². The smallest absolute Gasteiger partial charge is 0.321 e. The van der Waals surface area contributed by atoms with Crippen LogP contribution >= 0.6 is 11.8 Å². The minimum atomic E-state index is -0.525. The van der Waals surface area contributed by atoms with E-state index < -0.39 is 6.03 Å². The van der Waals surface area contributed by atoms with Gasteiger partial charge in [0.2, 0.25) is 5.91 Å². The molecule has 8 heteroatoms. The van der Waals surface area contributed by atoms with Crippen LogP contribution in [0.2, 0.25) is 0 Å². The summed E-state index contributed by atoms with van der Waals surface area (Å²) >= 11 is 1.40. The number of rotatable bonds is 7. The van der Waals surface area contributed by atoms with Crippen LogP contribution in [0, 0.1) is 5.82 Å². The van der Waals surface area contributed by atoms with Crippen LogP contribution in [-0.2, 0) is 11.3 Å². The van der Waals surface area contributed by atoms with Crippen molar-refractivity contribution in [3.63, 3.8) is 0 Å². The highest BCUT2D eigenvalue weighted by molar-refractivity contribution is 7.99. The van der Waals surface area contributed by atoms with Gasteiger partial charge in [0.25, 0.3) is 0 Å². The molecule has 0 saturated carbocycles. The van der Waals surface area contributed by atoms with Gasteiger partial charge in [0.1, 0.15) is 16.5 Å². The number of thioether (sulfide) groups is 1. The molecule has 4 aromatic rings. The Balaban J connectivity index is 1.34. The fraction of sp³-hybridized carbons (Fsp3) is 0.120. The Kier molecular flexibility index (Phi) is 7.26. The third-order valence-electron chi connectivity index (χ3n) is 4.89. The molecular weight excluding hydrogens is 439 g/mol. The Labute approximate surface area is 194 Å². The molecule has 0 bridgehead atoms. The van der Waals surface area contributed by atoms with Crippen molar-refractivity contribution in [2.24, 2.45) is 0 Å². The van der Waals surface area contributed by atoms with Crippen LogP contribution < -0.4 is 10.6 Å². The highest BCUT2D eigenvalue weighted by atomic mass is 32.2. The number of aromatic nitrogens is 2. The molecule has 0 spiro atoms. The van der Waals surface area contributed by atoms with Crippen molar-refractivity contribution >= 4 is 34.5 Å². The summed E-state index contributed by atoms with van der Waals surface area (Å²) < 4.78 is 13.3. The van der Waals surface area contributed by atoms with Crippen molar-refractivity contribution in [2.75, 3.05) is 5.75 Å². The third-order valence-corrected chi connectivity index (χ3v) is 5.87. The van der Waals surface area contributed by atoms with Gasteiger partial charge in [-0.25, -0.2) is 9.18 Å². The van der Waals surface area contributed by atoms with Gasteiger partial charge in [0.15, 0.2) is 0 Å². The third kappa shape index (κ3) is 5.93. The van der Waals surface area contributed by atoms with E-state index in [0.29, 0.717) is 23.0 Å². The molecule has 1 heterocycles. The fourth-order valence-electron chi connectivity index (χ4n) is 3.26. The molecule has 0 aliphatic heterocycles. The van der Waals surface area contributed by atoms with Crippen molar-refractivity contribution in [3.8, 4) is 11.3 Å². The minimum Gasteiger partial charge on any atom is -0.334 e. The first kappa shape index (κ1) is 22.4. The predicted molar refractivity (Wildman–Crippen MR) is 127 cm³/mol. The normalized spacial score (nSPS) is 10.7. The topological polar surface area (TPSA) is 84.0 Å². The maximum atomic E-state index is 13.3. The number of hydrogen-bond acceptors (Lipinski definition) is 5. The number of benzene rings is 3. The minimum absolute atomic E-state index is 0.152. The molecule has 1 aromatic heterocycles. The first-order valence-corrected chi connectivity index (χ1v) is 11.3. The van der Waals surface area contributed by atoms with Crippen molar-refractivity contribution in [1.29, 1.82) is 0 Å². The predicted octanol–water partition coefficient (Wildman–Crippen LogP) is 4.94. The van der Waals surface area contributed by atoms with Gasteiger partial charge in [-0.3, -0.25) is 10.1 Å². The van der Waals surface area contributed by atoms with Gasteiger partial charge in [-0.2, -0.15) is 0 Å². The summed E-state index contributed by atoms with van der Waals surface area (Å²) in [6.45, 7) is 0.344. The number of nitrogens with zero attached hydrogens (tertiary/aromatic N) is 2. The summed E-state index contributed by atoms with van der Waals surface area (Å²) in [5.41, 5.74) is 2.39. The van der Waals surface area contributed by atoms with Gasteiger partial charge >= 0.3 is 6.03 Å². The number of carbonyl (C=O) groups is 2. The first-order chi connectivity index (χ1) is 16.1. The number of fused-ring (bicyclic) bond motifs is 1. The molecule has 3 aromatic carbocycles. The maximum Gasteiger partial charge on any atom is 0.321 e. The molecule has 2 N–H and O–H groups in total. The monoisotopic (exact) mass is 460 g/mol. The van der Waals surface area contributed by atoms with Crippen LogP contribution in [0.25, 0.3) is 22.0 Å². The average molecular weight is 461 g/mol. The first-order valence-electron chi connectivity index (χ1n) is 10.4. The second-order valence-corrected chi connectivity index (χ2v) is 8.30. The van der Waals surface area contributed by atoms with Gasteiger partial charge in [0.05, 0.1) is 0 Å². The van der Waals surface area contributed by atoms with E-state index >= 15 is 0 Å². The summed E-state index contributed by atoms with van der Waals surface area (Å²) in [6.07, 6.45) is 0.152. The number of urea groups is 1. The highest BCUT2D eigenvalue weighted by Gasteiger charge is 2.13. The molecule has 6 nitrogen and oxygen atoms in total. The standard InChI is InChI=1S/C25H21FN4O2S/c26-19-12-10-18(11-13-19)23-20-8-4-5-9-21(20)24(30-29-23)33-15-14-22(31)28-25(32)27-16-17-6-2-1-3-7-17/h1-13H,14-16H2,(H2,27,28,31,32). The van der Waals surface area contributed by atoms with Crippen LogP contribution in [0.1, 0.15) is 12.0 Å². The number of halogens is 1. The van der Waals surface area contributed by atoms with Crippen LogP contribution in [0.4, 0.5) is 9.18 Å². The summed E-state index contributed by atoms with van der Waals surface area (Å²) in [5.74, 6) is -0.240. The second kappa shape index (κ2) is 10.7. The molecule has 0 fully saturated rings. The van der Waals surface area contributed by atoms with E-state index in [-0.39, 0.29) is 18.1 Å². The number of amides is 3. The van der Waals surface area contributed by atoms with E-state index in [1.807, 2.05) is 54.6 Å². The van der Waals surface area contributed by atoms with Crippen LogP contribution in [0.5, 0.6) is 0 Å². The number of imide groups is 1.